The number of carbonyl (C=O) groups excluding carboxylic acids is 1. The van der Waals surface area contributed by atoms with Crippen molar-refractivity contribution in [2.75, 3.05) is 0 Å². The Bertz CT molecular complexity index is 929. The minimum atomic E-state index is -0.268. The summed E-state index contributed by atoms with van der Waals surface area (Å²) in [6, 6.07) is 11.5. The van der Waals surface area contributed by atoms with E-state index in [2.05, 4.69) is 11.9 Å². The number of benzene rings is 1. The summed E-state index contributed by atoms with van der Waals surface area (Å²) in [6.45, 7) is 2.12. The second-order valence-corrected chi connectivity index (χ2v) is 7.17. The van der Waals surface area contributed by atoms with Gasteiger partial charge in [0.05, 0.1) is 5.69 Å². The molecule has 1 aromatic carbocycles. The first-order valence-electron chi connectivity index (χ1n) is 7.94. The zero-order valence-corrected chi connectivity index (χ0v) is 15.4. The Morgan fingerprint density at radius 3 is 2.68 bits per heavy atom. The van der Waals surface area contributed by atoms with Crippen molar-refractivity contribution in [3.05, 3.63) is 68.9 Å². The molecule has 0 fully saturated rings. The first kappa shape index (κ1) is 17.3. The smallest absolute Gasteiger partial charge is 0.203 e. The van der Waals surface area contributed by atoms with Gasteiger partial charge in [-0.15, -0.1) is 11.3 Å². The lowest BCUT2D eigenvalue weighted by Gasteiger charge is -2.02. The van der Waals surface area contributed by atoms with Crippen LogP contribution in [-0.2, 0) is 6.42 Å². The van der Waals surface area contributed by atoms with Crippen molar-refractivity contribution in [3.63, 3.8) is 0 Å². The van der Waals surface area contributed by atoms with Crippen LogP contribution in [0.15, 0.2) is 52.0 Å². The lowest BCUT2D eigenvalue weighted by Crippen LogP contribution is -2.02. The molecule has 0 aliphatic carbocycles. The van der Waals surface area contributed by atoms with Crippen LogP contribution in [0.5, 0.6) is 0 Å². The highest BCUT2D eigenvalue weighted by Gasteiger charge is 2.13. The van der Waals surface area contributed by atoms with Gasteiger partial charge in [0.25, 0.3) is 0 Å². The molecule has 0 aliphatic heterocycles. The van der Waals surface area contributed by atoms with Crippen molar-refractivity contribution < 1.29 is 4.79 Å². The third-order valence-electron chi connectivity index (χ3n) is 3.70. The molecule has 0 amide bonds. The number of rotatable bonds is 6. The largest absolute Gasteiger partial charge is 0.288 e. The molecule has 0 radical (unpaired) electrons. The van der Waals surface area contributed by atoms with Gasteiger partial charge in [-0.1, -0.05) is 37.6 Å². The fourth-order valence-corrected chi connectivity index (χ4v) is 3.92. The zero-order valence-electron chi connectivity index (χ0n) is 13.7. The number of hydrogen-bond donors (Lipinski definition) is 0. The molecule has 2 heterocycles. The molecule has 0 aliphatic rings. The third-order valence-corrected chi connectivity index (χ3v) is 5.29. The van der Waals surface area contributed by atoms with Crippen LogP contribution in [0.2, 0.25) is 0 Å². The Labute approximate surface area is 154 Å². The number of ketones is 1. The molecule has 0 atom stereocenters. The quantitative estimate of drug-likeness (QED) is 0.324. The van der Waals surface area contributed by atoms with E-state index in [1.54, 1.807) is 29.5 Å². The van der Waals surface area contributed by atoms with Gasteiger partial charge in [-0.2, -0.15) is 16.6 Å². The topological polar surface area (TPSA) is 53.8 Å². The number of allylic oxidation sites excluding steroid dienone is 1. The van der Waals surface area contributed by atoms with Crippen LogP contribution in [0, 0.1) is 11.3 Å². The first-order valence-corrected chi connectivity index (χ1v) is 9.77. The average molecular weight is 364 g/mol. The summed E-state index contributed by atoms with van der Waals surface area (Å²) in [5.41, 5.74) is 3.53. The summed E-state index contributed by atoms with van der Waals surface area (Å²) < 4.78 is 0. The Morgan fingerprint density at radius 1 is 1.24 bits per heavy atom. The molecule has 124 valence electrons. The van der Waals surface area contributed by atoms with Crippen LogP contribution in [0.25, 0.3) is 16.6 Å². The predicted octanol–water partition coefficient (Wildman–Crippen LogP) is 5.61. The second kappa shape index (κ2) is 8.02. The molecular weight excluding hydrogens is 348 g/mol. The number of aryl methyl sites for hydroxylation is 1. The van der Waals surface area contributed by atoms with Crippen LogP contribution >= 0.6 is 22.7 Å². The van der Waals surface area contributed by atoms with E-state index >= 15 is 0 Å². The molecule has 0 saturated heterocycles. The highest BCUT2D eigenvalue weighted by Crippen LogP contribution is 2.26. The molecule has 0 unspecified atom stereocenters. The number of aromatic nitrogens is 1. The summed E-state index contributed by atoms with van der Waals surface area (Å²) >= 11 is 3.12. The highest BCUT2D eigenvalue weighted by atomic mass is 32.1. The fraction of sp³-hybridized carbons (Fsp3) is 0.150. The van der Waals surface area contributed by atoms with Gasteiger partial charge in [-0.3, -0.25) is 4.79 Å². The maximum absolute atomic E-state index is 12.6. The highest BCUT2D eigenvalue weighted by molar-refractivity contribution is 7.14. The van der Waals surface area contributed by atoms with Crippen molar-refractivity contribution in [1.82, 2.24) is 4.98 Å². The van der Waals surface area contributed by atoms with Crippen molar-refractivity contribution in [2.24, 2.45) is 0 Å². The number of Topliss-reactive ketones (excluding diaryl/α,β-unsaturated/α-hetero) is 1. The molecule has 2 aromatic heterocycles. The van der Waals surface area contributed by atoms with Gasteiger partial charge in [0.1, 0.15) is 16.6 Å². The Balaban J connectivity index is 1.83. The van der Waals surface area contributed by atoms with E-state index in [1.165, 1.54) is 16.9 Å². The summed E-state index contributed by atoms with van der Waals surface area (Å²) in [4.78, 5) is 17.1. The minimum Gasteiger partial charge on any atom is -0.288 e. The molecule has 0 saturated carbocycles. The number of carbonyl (C=O) groups is 1. The van der Waals surface area contributed by atoms with Gasteiger partial charge in [0.15, 0.2) is 0 Å². The van der Waals surface area contributed by atoms with Gasteiger partial charge >= 0.3 is 0 Å². The van der Waals surface area contributed by atoms with E-state index in [4.69, 9.17) is 0 Å². The Morgan fingerprint density at radius 2 is 2.04 bits per heavy atom. The predicted molar refractivity (Wildman–Crippen MR) is 104 cm³/mol. The summed E-state index contributed by atoms with van der Waals surface area (Å²) in [5, 5.41) is 16.2. The van der Waals surface area contributed by atoms with E-state index in [9.17, 15) is 10.1 Å². The van der Waals surface area contributed by atoms with Crippen molar-refractivity contribution >= 4 is 34.5 Å². The number of thiophene rings is 1. The minimum absolute atomic E-state index is 0.102. The average Bonchev–Trinajstić information content (AvgIpc) is 3.31. The van der Waals surface area contributed by atoms with Gasteiger partial charge in [0.2, 0.25) is 5.78 Å². The summed E-state index contributed by atoms with van der Waals surface area (Å²) in [6.07, 6.45) is 3.61. The van der Waals surface area contributed by atoms with Crippen LogP contribution < -0.4 is 0 Å². The molecule has 0 bridgehead atoms. The van der Waals surface area contributed by atoms with Crippen molar-refractivity contribution in [2.45, 2.75) is 19.8 Å². The van der Waals surface area contributed by atoms with Crippen LogP contribution in [0.3, 0.4) is 0 Å². The molecule has 0 N–H and O–H groups in total. The molecule has 5 heteroatoms. The van der Waals surface area contributed by atoms with E-state index in [1.807, 2.05) is 40.4 Å². The van der Waals surface area contributed by atoms with E-state index in [0.717, 1.165) is 23.4 Å². The monoisotopic (exact) mass is 364 g/mol. The molecule has 3 rings (SSSR count). The maximum Gasteiger partial charge on any atom is 0.203 e. The second-order valence-electron chi connectivity index (χ2n) is 5.54. The third kappa shape index (κ3) is 4.11. The Kier molecular flexibility index (Phi) is 5.54. The molecule has 3 nitrogen and oxygen atoms in total. The fourth-order valence-electron chi connectivity index (χ4n) is 2.43. The van der Waals surface area contributed by atoms with Gasteiger partial charge in [-0.05, 0) is 29.5 Å². The lowest BCUT2D eigenvalue weighted by atomic mass is 10.0. The van der Waals surface area contributed by atoms with Gasteiger partial charge in [-0.25, -0.2) is 4.98 Å². The number of nitriles is 1. The van der Waals surface area contributed by atoms with Crippen LogP contribution in [-0.4, -0.2) is 10.8 Å². The van der Waals surface area contributed by atoms with Crippen molar-refractivity contribution in [1.29, 1.82) is 5.26 Å². The first-order chi connectivity index (χ1) is 12.2. The Hall–Kier alpha value is -2.55. The van der Waals surface area contributed by atoms with Crippen LogP contribution in [0.4, 0.5) is 0 Å². The summed E-state index contributed by atoms with van der Waals surface area (Å²) in [5.74, 6) is -0.268. The SMILES string of the molecule is CCCc1ccc(C(=O)/C(C#N)=C\c2csc(-c3ccsc3)n2)cc1. The van der Waals surface area contributed by atoms with E-state index in [-0.39, 0.29) is 11.4 Å². The summed E-state index contributed by atoms with van der Waals surface area (Å²) in [7, 11) is 0. The normalized spacial score (nSPS) is 11.3. The molecular formula is C20H16N2OS2. The standard InChI is InChI=1S/C20H16N2OS2/c1-2-3-14-4-6-15(7-5-14)19(23)17(11-21)10-18-13-25-20(22-18)16-8-9-24-12-16/h4-10,12-13H,2-3H2,1H3/b17-10-. The number of nitrogens with zero attached hydrogens (tertiary/aromatic N) is 2. The molecule has 0 spiro atoms. The van der Waals surface area contributed by atoms with Gasteiger partial charge in [0, 0.05) is 21.9 Å². The number of hydrogen-bond acceptors (Lipinski definition) is 5. The number of thiazole rings is 1. The van der Waals surface area contributed by atoms with E-state index < -0.39 is 0 Å². The van der Waals surface area contributed by atoms with Crippen LogP contribution in [0.1, 0.15) is 35.0 Å². The zero-order chi connectivity index (χ0) is 17.6. The van der Waals surface area contributed by atoms with E-state index in [0.29, 0.717) is 11.3 Å². The maximum atomic E-state index is 12.6. The van der Waals surface area contributed by atoms with Crippen molar-refractivity contribution in [3.8, 4) is 16.6 Å². The molecule has 25 heavy (non-hydrogen) atoms. The molecule has 3 aromatic rings. The van der Waals surface area contributed by atoms with Gasteiger partial charge < -0.3 is 0 Å². The lowest BCUT2D eigenvalue weighted by molar-refractivity contribution is 0.104.